The van der Waals surface area contributed by atoms with Crippen molar-refractivity contribution in [3.05, 3.63) is 0 Å². The second kappa shape index (κ2) is 2.89. The van der Waals surface area contributed by atoms with Gasteiger partial charge in [-0.05, 0) is 12.8 Å². The number of ether oxygens (including phenoxy) is 1. The molecular formula is C8H16NO+. The topological polar surface area (TPSA) is 25.8 Å². The van der Waals surface area contributed by atoms with Crippen LogP contribution in [-0.2, 0) is 4.74 Å². The number of morpholine rings is 1. The zero-order valence-corrected chi connectivity index (χ0v) is 6.38. The summed E-state index contributed by atoms with van der Waals surface area (Å²) in [5.74, 6) is 0. The van der Waals surface area contributed by atoms with Crippen LogP contribution in [0.4, 0.5) is 0 Å². The minimum atomic E-state index is 0.600. The molecule has 2 fully saturated rings. The van der Waals surface area contributed by atoms with E-state index < -0.39 is 0 Å². The Balaban J connectivity index is 1.93. The number of hydrogen-bond donors (Lipinski definition) is 1. The van der Waals surface area contributed by atoms with Crippen LogP contribution in [0.15, 0.2) is 0 Å². The summed E-state index contributed by atoms with van der Waals surface area (Å²) in [5, 5.41) is 2.47. The summed E-state index contributed by atoms with van der Waals surface area (Å²) in [4.78, 5) is 0. The SMILES string of the molecule is C1CC[C@H]2OCC[NH2+][C@H]2C1. The van der Waals surface area contributed by atoms with Gasteiger partial charge in [0.2, 0.25) is 0 Å². The Morgan fingerprint density at radius 1 is 1.20 bits per heavy atom. The first kappa shape index (κ1) is 6.62. The van der Waals surface area contributed by atoms with Crippen molar-refractivity contribution < 1.29 is 10.1 Å². The van der Waals surface area contributed by atoms with Crippen LogP contribution in [0.3, 0.4) is 0 Å². The van der Waals surface area contributed by atoms with E-state index in [0.717, 1.165) is 12.6 Å². The van der Waals surface area contributed by atoms with Crippen LogP contribution in [-0.4, -0.2) is 25.3 Å². The molecule has 0 spiro atoms. The molecule has 0 bridgehead atoms. The molecule has 0 radical (unpaired) electrons. The van der Waals surface area contributed by atoms with Crippen LogP contribution in [0.1, 0.15) is 25.7 Å². The maximum Gasteiger partial charge on any atom is 0.112 e. The van der Waals surface area contributed by atoms with Crippen LogP contribution in [0, 0.1) is 0 Å². The van der Waals surface area contributed by atoms with Gasteiger partial charge < -0.3 is 10.1 Å². The molecule has 0 aromatic heterocycles. The van der Waals surface area contributed by atoms with Crippen LogP contribution < -0.4 is 5.32 Å². The summed E-state index contributed by atoms with van der Waals surface area (Å²) >= 11 is 0. The summed E-state index contributed by atoms with van der Waals surface area (Å²) in [7, 11) is 0. The van der Waals surface area contributed by atoms with E-state index in [2.05, 4.69) is 5.32 Å². The van der Waals surface area contributed by atoms with Gasteiger partial charge in [-0.25, -0.2) is 0 Å². The van der Waals surface area contributed by atoms with E-state index in [1.807, 2.05) is 0 Å². The summed E-state index contributed by atoms with van der Waals surface area (Å²) in [6.45, 7) is 2.16. The zero-order chi connectivity index (χ0) is 6.81. The average Bonchev–Trinajstić information content (AvgIpc) is 2.05. The Kier molecular flexibility index (Phi) is 1.91. The third kappa shape index (κ3) is 1.18. The minimum absolute atomic E-state index is 0.600. The number of nitrogens with two attached hydrogens (primary N) is 1. The highest BCUT2D eigenvalue weighted by molar-refractivity contribution is 4.75. The van der Waals surface area contributed by atoms with Crippen molar-refractivity contribution in [1.82, 2.24) is 0 Å². The first-order valence-corrected chi connectivity index (χ1v) is 4.42. The van der Waals surface area contributed by atoms with E-state index in [0.29, 0.717) is 6.10 Å². The molecule has 1 saturated carbocycles. The molecular weight excluding hydrogens is 126 g/mol. The average molecular weight is 142 g/mol. The smallest absolute Gasteiger partial charge is 0.112 e. The van der Waals surface area contributed by atoms with E-state index in [1.165, 1.54) is 32.2 Å². The molecule has 10 heavy (non-hydrogen) atoms. The van der Waals surface area contributed by atoms with E-state index in [-0.39, 0.29) is 0 Å². The van der Waals surface area contributed by atoms with Gasteiger partial charge >= 0.3 is 0 Å². The zero-order valence-electron chi connectivity index (χ0n) is 6.38. The lowest BCUT2D eigenvalue weighted by Gasteiger charge is -2.33. The van der Waals surface area contributed by atoms with E-state index in [4.69, 9.17) is 4.74 Å². The predicted molar refractivity (Wildman–Crippen MR) is 38.8 cm³/mol. The van der Waals surface area contributed by atoms with Crippen molar-refractivity contribution in [2.75, 3.05) is 13.2 Å². The van der Waals surface area contributed by atoms with Gasteiger partial charge in [0.1, 0.15) is 12.1 Å². The second-order valence-electron chi connectivity index (χ2n) is 3.38. The fourth-order valence-corrected chi connectivity index (χ4v) is 2.10. The van der Waals surface area contributed by atoms with Gasteiger partial charge in [0.05, 0.1) is 13.2 Å². The molecule has 0 amide bonds. The molecule has 2 atom stereocenters. The predicted octanol–water partition coefficient (Wildman–Crippen LogP) is -0.109. The Labute approximate surface area is 61.9 Å². The second-order valence-corrected chi connectivity index (χ2v) is 3.38. The first-order chi connectivity index (χ1) is 4.97. The fraction of sp³-hybridized carbons (Fsp3) is 1.00. The van der Waals surface area contributed by atoms with E-state index in [9.17, 15) is 0 Å². The van der Waals surface area contributed by atoms with Crippen LogP contribution in [0.2, 0.25) is 0 Å². The minimum Gasteiger partial charge on any atom is -0.366 e. The Morgan fingerprint density at radius 2 is 2.10 bits per heavy atom. The monoisotopic (exact) mass is 142 g/mol. The fourth-order valence-electron chi connectivity index (χ4n) is 2.10. The normalized spacial score (nSPS) is 40.8. The lowest BCUT2D eigenvalue weighted by atomic mass is 9.92. The van der Waals surface area contributed by atoms with Gasteiger partial charge in [0.25, 0.3) is 0 Å². The van der Waals surface area contributed by atoms with Gasteiger partial charge in [-0.2, -0.15) is 0 Å². The molecule has 1 saturated heterocycles. The summed E-state index contributed by atoms with van der Waals surface area (Å²) < 4.78 is 5.65. The summed E-state index contributed by atoms with van der Waals surface area (Å²) in [5.41, 5.74) is 0. The third-order valence-corrected chi connectivity index (χ3v) is 2.67. The van der Waals surface area contributed by atoms with Gasteiger partial charge in [-0.1, -0.05) is 6.42 Å². The number of hydrogen-bond acceptors (Lipinski definition) is 1. The number of rotatable bonds is 0. The van der Waals surface area contributed by atoms with Gasteiger partial charge in [-0.15, -0.1) is 0 Å². The molecule has 2 N–H and O–H groups in total. The van der Waals surface area contributed by atoms with Crippen molar-refractivity contribution in [1.29, 1.82) is 0 Å². The number of quaternary nitrogens is 1. The molecule has 1 heterocycles. The van der Waals surface area contributed by atoms with Gasteiger partial charge in [-0.3, -0.25) is 0 Å². The Hall–Kier alpha value is -0.0800. The number of fused-ring (bicyclic) bond motifs is 1. The van der Waals surface area contributed by atoms with Gasteiger partial charge in [0, 0.05) is 6.42 Å². The summed E-state index contributed by atoms with van der Waals surface area (Å²) in [6.07, 6.45) is 6.09. The highest BCUT2D eigenvalue weighted by atomic mass is 16.5. The molecule has 58 valence electrons. The molecule has 2 heteroatoms. The van der Waals surface area contributed by atoms with Crippen LogP contribution in [0.5, 0.6) is 0 Å². The van der Waals surface area contributed by atoms with E-state index >= 15 is 0 Å². The van der Waals surface area contributed by atoms with Crippen LogP contribution in [0.25, 0.3) is 0 Å². The standard InChI is InChI=1S/C8H15NO/c1-2-4-8-7(3-1)9-5-6-10-8/h7-9H,1-6H2/p+1/t7-,8+/m0/s1. The molecule has 1 aliphatic heterocycles. The largest absolute Gasteiger partial charge is 0.366 e. The van der Waals surface area contributed by atoms with Crippen molar-refractivity contribution in [2.45, 2.75) is 37.8 Å². The molecule has 0 aromatic carbocycles. The summed E-state index contributed by atoms with van der Waals surface area (Å²) in [6, 6.07) is 0.808. The molecule has 0 unspecified atom stereocenters. The van der Waals surface area contributed by atoms with Crippen molar-refractivity contribution in [2.24, 2.45) is 0 Å². The Morgan fingerprint density at radius 3 is 3.00 bits per heavy atom. The molecule has 0 aromatic rings. The lowest BCUT2D eigenvalue weighted by molar-refractivity contribution is -0.714. The highest BCUT2D eigenvalue weighted by Gasteiger charge is 2.30. The van der Waals surface area contributed by atoms with Crippen LogP contribution >= 0.6 is 0 Å². The third-order valence-electron chi connectivity index (χ3n) is 2.67. The van der Waals surface area contributed by atoms with E-state index in [1.54, 1.807) is 0 Å². The quantitative estimate of drug-likeness (QED) is 0.502. The van der Waals surface area contributed by atoms with Crippen molar-refractivity contribution >= 4 is 0 Å². The molecule has 1 aliphatic carbocycles. The molecule has 2 nitrogen and oxygen atoms in total. The molecule has 2 aliphatic rings. The van der Waals surface area contributed by atoms with Crippen molar-refractivity contribution in [3.63, 3.8) is 0 Å². The maximum absolute atomic E-state index is 5.65. The first-order valence-electron chi connectivity index (χ1n) is 4.42. The lowest BCUT2D eigenvalue weighted by Crippen LogP contribution is -2.95. The van der Waals surface area contributed by atoms with Gasteiger partial charge in [0.15, 0.2) is 0 Å². The Bertz CT molecular complexity index is 89.8. The maximum atomic E-state index is 5.65. The van der Waals surface area contributed by atoms with Crippen molar-refractivity contribution in [3.8, 4) is 0 Å². The molecule has 2 rings (SSSR count). The highest BCUT2D eigenvalue weighted by Crippen LogP contribution is 2.19.